The van der Waals surface area contributed by atoms with Crippen LogP contribution in [-0.4, -0.2) is 35.0 Å². The molecule has 3 rings (SSSR count). The third kappa shape index (κ3) is 5.02. The number of thioether (sulfide) groups is 1. The Labute approximate surface area is 142 Å². The topological polar surface area (TPSA) is 54.0 Å². The number of thiazole rings is 1. The Hall–Kier alpha value is -1.44. The summed E-state index contributed by atoms with van der Waals surface area (Å²) < 4.78 is 13.2. The number of rotatable bonds is 5. The lowest BCUT2D eigenvalue weighted by atomic mass is 10.1. The molecule has 0 bridgehead atoms. The van der Waals surface area contributed by atoms with Gasteiger partial charge < -0.3 is 10.6 Å². The van der Waals surface area contributed by atoms with E-state index in [1.165, 1.54) is 23.5 Å². The Bertz CT molecular complexity index is 671. The number of aromatic nitrogens is 1. The van der Waals surface area contributed by atoms with E-state index in [0.717, 1.165) is 28.5 Å². The van der Waals surface area contributed by atoms with Gasteiger partial charge in [-0.1, -0.05) is 12.1 Å². The summed E-state index contributed by atoms with van der Waals surface area (Å²) in [4.78, 5) is 17.3. The Morgan fingerprint density at radius 1 is 1.48 bits per heavy atom. The van der Waals surface area contributed by atoms with Crippen molar-refractivity contribution < 1.29 is 9.18 Å². The number of hydrogen-bond donors (Lipinski definition) is 2. The normalized spacial score (nSPS) is 17.9. The van der Waals surface area contributed by atoms with Crippen LogP contribution in [0, 0.1) is 5.82 Å². The van der Waals surface area contributed by atoms with Crippen molar-refractivity contribution in [3.8, 4) is 0 Å². The van der Waals surface area contributed by atoms with Crippen molar-refractivity contribution in [2.24, 2.45) is 0 Å². The van der Waals surface area contributed by atoms with Gasteiger partial charge in [0.2, 0.25) is 5.91 Å². The van der Waals surface area contributed by atoms with Crippen molar-refractivity contribution in [1.29, 1.82) is 0 Å². The van der Waals surface area contributed by atoms with Crippen molar-refractivity contribution >= 4 is 34.1 Å². The van der Waals surface area contributed by atoms with Crippen LogP contribution in [0.3, 0.4) is 0 Å². The first-order valence-electron chi connectivity index (χ1n) is 7.49. The van der Waals surface area contributed by atoms with Gasteiger partial charge in [0.15, 0.2) is 5.13 Å². The van der Waals surface area contributed by atoms with E-state index in [4.69, 9.17) is 0 Å². The van der Waals surface area contributed by atoms with Crippen LogP contribution in [0.15, 0.2) is 30.5 Å². The number of carbonyl (C=O) groups excluding carboxylic acids is 1. The molecule has 1 aliphatic heterocycles. The summed E-state index contributed by atoms with van der Waals surface area (Å²) in [5.41, 5.74) is 0.898. The standard InChI is InChI=1S/C16H18FN3OS2/c17-12-3-1-2-11(6-12)7-14-9-19-16(23-14)20-15(21)8-13-10-22-5-4-18-13/h1-3,6,9,13,18H,4-5,7-8,10H2,(H,19,20,21). The molecule has 1 aromatic carbocycles. The molecule has 4 nitrogen and oxygen atoms in total. The Morgan fingerprint density at radius 3 is 3.17 bits per heavy atom. The van der Waals surface area contributed by atoms with Gasteiger partial charge in [0, 0.05) is 48.0 Å². The first-order valence-corrected chi connectivity index (χ1v) is 9.46. The van der Waals surface area contributed by atoms with Crippen LogP contribution in [-0.2, 0) is 11.2 Å². The molecule has 2 N–H and O–H groups in total. The van der Waals surface area contributed by atoms with Gasteiger partial charge in [-0.25, -0.2) is 9.37 Å². The molecule has 1 amide bonds. The summed E-state index contributed by atoms with van der Waals surface area (Å²) in [7, 11) is 0. The number of anilines is 1. The monoisotopic (exact) mass is 351 g/mol. The smallest absolute Gasteiger partial charge is 0.227 e. The summed E-state index contributed by atoms with van der Waals surface area (Å²) in [5, 5.41) is 6.80. The first-order chi connectivity index (χ1) is 11.2. The average Bonchev–Trinajstić information content (AvgIpc) is 2.95. The molecule has 1 fully saturated rings. The van der Waals surface area contributed by atoms with Gasteiger partial charge in [0.25, 0.3) is 0 Å². The fourth-order valence-corrected chi connectivity index (χ4v) is 4.25. The van der Waals surface area contributed by atoms with E-state index in [1.807, 2.05) is 17.8 Å². The van der Waals surface area contributed by atoms with Crippen LogP contribution in [0.2, 0.25) is 0 Å². The highest BCUT2D eigenvalue weighted by molar-refractivity contribution is 7.99. The van der Waals surface area contributed by atoms with E-state index in [1.54, 1.807) is 12.3 Å². The minimum Gasteiger partial charge on any atom is -0.312 e. The molecule has 0 spiro atoms. The van der Waals surface area contributed by atoms with E-state index in [-0.39, 0.29) is 17.8 Å². The van der Waals surface area contributed by atoms with Crippen molar-refractivity contribution in [2.75, 3.05) is 23.4 Å². The zero-order valence-corrected chi connectivity index (χ0v) is 14.2. The van der Waals surface area contributed by atoms with Crippen LogP contribution in [0.5, 0.6) is 0 Å². The third-order valence-corrected chi connectivity index (χ3v) is 5.54. The van der Waals surface area contributed by atoms with Gasteiger partial charge in [-0.3, -0.25) is 4.79 Å². The Kier molecular flexibility index (Phi) is 5.64. The lowest BCUT2D eigenvalue weighted by Gasteiger charge is -2.22. The van der Waals surface area contributed by atoms with Crippen LogP contribution < -0.4 is 10.6 Å². The Morgan fingerprint density at radius 2 is 2.39 bits per heavy atom. The number of nitrogens with one attached hydrogen (secondary N) is 2. The third-order valence-electron chi connectivity index (χ3n) is 3.50. The van der Waals surface area contributed by atoms with Crippen LogP contribution in [0.25, 0.3) is 0 Å². The zero-order valence-electron chi connectivity index (χ0n) is 12.5. The second-order valence-corrected chi connectivity index (χ2v) is 7.68. The number of benzene rings is 1. The largest absolute Gasteiger partial charge is 0.312 e. The lowest BCUT2D eigenvalue weighted by Crippen LogP contribution is -2.39. The SMILES string of the molecule is O=C(CC1CSCCN1)Nc1ncc(Cc2cccc(F)c2)s1. The van der Waals surface area contributed by atoms with Gasteiger partial charge in [0.1, 0.15) is 5.82 Å². The fraction of sp³-hybridized carbons (Fsp3) is 0.375. The highest BCUT2D eigenvalue weighted by Crippen LogP contribution is 2.22. The summed E-state index contributed by atoms with van der Waals surface area (Å²) in [6.45, 7) is 0.956. The van der Waals surface area contributed by atoms with Gasteiger partial charge in [-0.2, -0.15) is 11.8 Å². The van der Waals surface area contributed by atoms with Gasteiger partial charge in [-0.15, -0.1) is 11.3 Å². The first kappa shape index (κ1) is 16.4. The Balaban J connectivity index is 1.53. The van der Waals surface area contributed by atoms with Crippen molar-refractivity contribution in [3.05, 3.63) is 46.7 Å². The minimum absolute atomic E-state index is 0.0170. The van der Waals surface area contributed by atoms with Gasteiger partial charge >= 0.3 is 0 Å². The summed E-state index contributed by atoms with van der Waals surface area (Å²) in [5.74, 6) is 1.82. The van der Waals surface area contributed by atoms with Crippen LogP contribution in [0.4, 0.5) is 9.52 Å². The molecule has 7 heteroatoms. The number of carbonyl (C=O) groups is 1. The number of halogens is 1. The van der Waals surface area contributed by atoms with E-state index < -0.39 is 0 Å². The van der Waals surface area contributed by atoms with Crippen molar-refractivity contribution in [2.45, 2.75) is 18.9 Å². The molecule has 1 aliphatic rings. The molecule has 0 radical (unpaired) electrons. The quantitative estimate of drug-likeness (QED) is 0.870. The molecule has 1 atom stereocenters. The molecular weight excluding hydrogens is 333 g/mol. The summed E-state index contributed by atoms with van der Waals surface area (Å²) >= 11 is 3.30. The molecule has 23 heavy (non-hydrogen) atoms. The van der Waals surface area contributed by atoms with Crippen LogP contribution in [0.1, 0.15) is 16.9 Å². The maximum absolute atomic E-state index is 13.2. The number of nitrogens with zero attached hydrogens (tertiary/aromatic N) is 1. The molecule has 2 aromatic rings. The molecule has 0 saturated carbocycles. The molecule has 0 aliphatic carbocycles. The maximum atomic E-state index is 13.2. The van der Waals surface area contributed by atoms with Crippen molar-refractivity contribution in [3.63, 3.8) is 0 Å². The molecule has 122 valence electrons. The molecule has 2 heterocycles. The van der Waals surface area contributed by atoms with Crippen molar-refractivity contribution in [1.82, 2.24) is 10.3 Å². The maximum Gasteiger partial charge on any atom is 0.227 e. The number of hydrogen-bond acceptors (Lipinski definition) is 5. The fourth-order valence-electron chi connectivity index (χ4n) is 2.44. The van der Waals surface area contributed by atoms with E-state index in [0.29, 0.717) is 18.0 Å². The minimum atomic E-state index is -0.238. The summed E-state index contributed by atoms with van der Waals surface area (Å²) in [6, 6.07) is 6.77. The predicted octanol–water partition coefficient (Wildman–Crippen LogP) is 2.91. The van der Waals surface area contributed by atoms with E-state index in [2.05, 4.69) is 15.6 Å². The molecular formula is C16H18FN3OS2. The van der Waals surface area contributed by atoms with Gasteiger partial charge in [0.05, 0.1) is 0 Å². The van der Waals surface area contributed by atoms with Crippen LogP contribution >= 0.6 is 23.1 Å². The predicted molar refractivity (Wildman–Crippen MR) is 93.7 cm³/mol. The highest BCUT2D eigenvalue weighted by Gasteiger charge is 2.17. The number of amides is 1. The lowest BCUT2D eigenvalue weighted by molar-refractivity contribution is -0.116. The van der Waals surface area contributed by atoms with E-state index in [9.17, 15) is 9.18 Å². The van der Waals surface area contributed by atoms with E-state index >= 15 is 0 Å². The average molecular weight is 351 g/mol. The highest BCUT2D eigenvalue weighted by atomic mass is 32.2. The summed E-state index contributed by atoms with van der Waals surface area (Å²) in [6.07, 6.45) is 2.82. The second-order valence-electron chi connectivity index (χ2n) is 5.42. The second kappa shape index (κ2) is 7.90. The molecule has 1 aromatic heterocycles. The molecule has 1 unspecified atom stereocenters. The zero-order chi connectivity index (χ0) is 16.1. The molecule has 1 saturated heterocycles. The van der Waals surface area contributed by atoms with Gasteiger partial charge in [-0.05, 0) is 17.7 Å².